The second-order valence-corrected chi connectivity index (χ2v) is 6.74. The Kier molecular flexibility index (Phi) is 13.4. The van der Waals surface area contributed by atoms with Crippen molar-refractivity contribution in [3.63, 3.8) is 0 Å². The van der Waals surface area contributed by atoms with Crippen LogP contribution in [-0.4, -0.2) is 88.1 Å². The first kappa shape index (κ1) is 27.6. The maximum Gasteiger partial charge on any atom is 0.326 e. The van der Waals surface area contributed by atoms with E-state index in [2.05, 4.69) is 28.6 Å². The lowest BCUT2D eigenvalue weighted by Gasteiger charge is -2.23. The number of aliphatic hydroxyl groups excluding tert-OH is 1. The summed E-state index contributed by atoms with van der Waals surface area (Å²) in [5.74, 6) is -5.74. The first-order chi connectivity index (χ1) is 14.1. The van der Waals surface area contributed by atoms with Gasteiger partial charge in [0.25, 0.3) is 0 Å². The standard InChI is InChI=1S/C16H29N5O8S/c17-4-2-1-3-9(16(28)29)19-14(26)10(5-12(23)24)20-15(27)11(7-30)21-13(25)8(18)6-22/h8-11,22,30H,1-7,17-18H2,(H,19,26)(H,20,27)(H,21,25)(H,23,24)(H,28,29). The van der Waals surface area contributed by atoms with Crippen LogP contribution in [0.4, 0.5) is 0 Å². The average molecular weight is 452 g/mol. The number of amides is 3. The first-order valence-electron chi connectivity index (χ1n) is 9.10. The molecule has 0 heterocycles. The minimum absolute atomic E-state index is 0.0698. The van der Waals surface area contributed by atoms with Crippen LogP contribution in [0.3, 0.4) is 0 Å². The first-order valence-corrected chi connectivity index (χ1v) is 9.73. The fourth-order valence-corrected chi connectivity index (χ4v) is 2.49. The predicted molar refractivity (Wildman–Crippen MR) is 108 cm³/mol. The molecule has 0 fully saturated rings. The highest BCUT2D eigenvalue weighted by Crippen LogP contribution is 2.03. The maximum absolute atomic E-state index is 12.4. The van der Waals surface area contributed by atoms with E-state index < -0.39 is 66.9 Å². The number of carbonyl (C=O) groups excluding carboxylic acids is 3. The summed E-state index contributed by atoms with van der Waals surface area (Å²) >= 11 is 3.92. The van der Waals surface area contributed by atoms with E-state index in [9.17, 15) is 29.1 Å². The smallest absolute Gasteiger partial charge is 0.326 e. The van der Waals surface area contributed by atoms with E-state index in [-0.39, 0.29) is 12.2 Å². The van der Waals surface area contributed by atoms with E-state index in [1.165, 1.54) is 0 Å². The average Bonchev–Trinajstić information content (AvgIpc) is 2.69. The molecule has 172 valence electrons. The highest BCUT2D eigenvalue weighted by Gasteiger charge is 2.31. The van der Waals surface area contributed by atoms with Crippen molar-refractivity contribution in [2.45, 2.75) is 49.9 Å². The number of hydrogen-bond acceptors (Lipinski definition) is 9. The molecule has 4 unspecified atom stereocenters. The van der Waals surface area contributed by atoms with Crippen LogP contribution in [0.25, 0.3) is 0 Å². The van der Waals surface area contributed by atoms with Crippen molar-refractivity contribution in [3.05, 3.63) is 0 Å². The van der Waals surface area contributed by atoms with Crippen molar-refractivity contribution in [2.24, 2.45) is 11.5 Å². The summed E-state index contributed by atoms with van der Waals surface area (Å²) < 4.78 is 0. The number of carboxylic acids is 2. The van der Waals surface area contributed by atoms with Crippen molar-refractivity contribution in [2.75, 3.05) is 18.9 Å². The summed E-state index contributed by atoms with van der Waals surface area (Å²) in [7, 11) is 0. The molecule has 0 aromatic heterocycles. The normalized spacial score (nSPS) is 14.7. The van der Waals surface area contributed by atoms with Gasteiger partial charge in [-0.1, -0.05) is 0 Å². The SMILES string of the molecule is NCCCCC(NC(=O)C(CC(=O)O)NC(=O)C(CS)NC(=O)C(N)CO)C(=O)O. The van der Waals surface area contributed by atoms with Gasteiger partial charge in [-0.15, -0.1) is 0 Å². The van der Waals surface area contributed by atoms with Crippen LogP contribution in [0.15, 0.2) is 0 Å². The monoisotopic (exact) mass is 451 g/mol. The highest BCUT2D eigenvalue weighted by atomic mass is 32.1. The van der Waals surface area contributed by atoms with E-state index in [1.54, 1.807) is 0 Å². The van der Waals surface area contributed by atoms with Crippen LogP contribution in [0.5, 0.6) is 0 Å². The summed E-state index contributed by atoms with van der Waals surface area (Å²) in [5, 5.41) is 33.7. The highest BCUT2D eigenvalue weighted by molar-refractivity contribution is 7.80. The summed E-state index contributed by atoms with van der Waals surface area (Å²) in [6, 6.07) is -5.46. The minimum Gasteiger partial charge on any atom is -0.481 e. The molecule has 4 atom stereocenters. The molecule has 0 saturated carbocycles. The zero-order chi connectivity index (χ0) is 23.3. The number of carbonyl (C=O) groups is 5. The van der Waals surface area contributed by atoms with Gasteiger partial charge in [0.1, 0.15) is 24.2 Å². The second-order valence-electron chi connectivity index (χ2n) is 6.38. The molecule has 0 aliphatic rings. The molecule has 0 bridgehead atoms. The van der Waals surface area contributed by atoms with Gasteiger partial charge in [-0.3, -0.25) is 19.2 Å². The fourth-order valence-electron chi connectivity index (χ4n) is 2.23. The number of unbranched alkanes of at least 4 members (excludes halogenated alkanes) is 1. The second kappa shape index (κ2) is 14.5. The molecule has 0 aliphatic heterocycles. The molecular formula is C16H29N5O8S. The van der Waals surface area contributed by atoms with Crippen molar-refractivity contribution in [1.29, 1.82) is 0 Å². The third-order valence-corrected chi connectivity index (χ3v) is 4.29. The quantitative estimate of drug-likeness (QED) is 0.0875. The third kappa shape index (κ3) is 10.4. The third-order valence-electron chi connectivity index (χ3n) is 3.92. The Morgan fingerprint density at radius 1 is 0.867 bits per heavy atom. The number of nitrogens with two attached hydrogens (primary N) is 2. The molecule has 0 aliphatic carbocycles. The molecule has 0 aromatic carbocycles. The Labute approximate surface area is 178 Å². The Bertz CT molecular complexity index is 620. The Morgan fingerprint density at radius 3 is 1.87 bits per heavy atom. The molecule has 30 heavy (non-hydrogen) atoms. The van der Waals surface area contributed by atoms with Crippen LogP contribution in [0.2, 0.25) is 0 Å². The van der Waals surface area contributed by atoms with Gasteiger partial charge in [0.2, 0.25) is 17.7 Å². The van der Waals surface area contributed by atoms with Crippen LogP contribution >= 0.6 is 12.6 Å². The molecule has 13 nitrogen and oxygen atoms in total. The molecule has 0 spiro atoms. The molecule has 0 radical (unpaired) electrons. The van der Waals surface area contributed by atoms with Crippen molar-refractivity contribution in [1.82, 2.24) is 16.0 Å². The van der Waals surface area contributed by atoms with Gasteiger partial charge in [0.05, 0.1) is 13.0 Å². The van der Waals surface area contributed by atoms with Crippen molar-refractivity contribution >= 4 is 42.3 Å². The summed E-state index contributed by atoms with van der Waals surface area (Å²) in [5.41, 5.74) is 10.7. The van der Waals surface area contributed by atoms with Crippen molar-refractivity contribution in [3.8, 4) is 0 Å². The lowest BCUT2D eigenvalue weighted by molar-refractivity contribution is -0.143. The van der Waals surface area contributed by atoms with Crippen LogP contribution in [-0.2, 0) is 24.0 Å². The number of thiol groups is 1. The van der Waals surface area contributed by atoms with Gasteiger partial charge in [-0.25, -0.2) is 4.79 Å². The van der Waals surface area contributed by atoms with Crippen LogP contribution < -0.4 is 27.4 Å². The van der Waals surface area contributed by atoms with Gasteiger partial charge in [0, 0.05) is 5.75 Å². The summed E-state index contributed by atoms with van der Waals surface area (Å²) in [6.07, 6.45) is 0.202. The van der Waals surface area contributed by atoms with E-state index in [0.717, 1.165) is 0 Å². The van der Waals surface area contributed by atoms with Crippen LogP contribution in [0.1, 0.15) is 25.7 Å². The predicted octanol–water partition coefficient (Wildman–Crippen LogP) is -3.62. The molecule has 0 rings (SSSR count). The molecule has 0 aromatic rings. The lowest BCUT2D eigenvalue weighted by atomic mass is 10.1. The van der Waals surface area contributed by atoms with Gasteiger partial charge in [-0.2, -0.15) is 12.6 Å². The summed E-state index contributed by atoms with van der Waals surface area (Å²) in [6.45, 7) is -0.327. The van der Waals surface area contributed by atoms with Gasteiger partial charge < -0.3 is 42.7 Å². The Hall–Kier alpha value is -2.42. The van der Waals surface area contributed by atoms with E-state index in [4.69, 9.17) is 21.7 Å². The molecule has 0 saturated heterocycles. The molecule has 3 amide bonds. The number of nitrogens with one attached hydrogen (secondary N) is 3. The minimum atomic E-state index is -1.60. The van der Waals surface area contributed by atoms with E-state index in [1.807, 2.05) is 0 Å². The van der Waals surface area contributed by atoms with E-state index >= 15 is 0 Å². The Morgan fingerprint density at radius 2 is 1.40 bits per heavy atom. The molecule has 14 heteroatoms. The largest absolute Gasteiger partial charge is 0.481 e. The zero-order valence-electron chi connectivity index (χ0n) is 16.2. The number of hydrogen-bond donors (Lipinski definition) is 9. The lowest BCUT2D eigenvalue weighted by Crippen LogP contribution is -2.58. The van der Waals surface area contributed by atoms with E-state index in [0.29, 0.717) is 19.4 Å². The number of carboxylic acid groups (broad SMARTS) is 2. The molecular weight excluding hydrogens is 422 g/mol. The number of rotatable bonds is 15. The summed E-state index contributed by atoms with van der Waals surface area (Å²) in [4.78, 5) is 58.9. The zero-order valence-corrected chi connectivity index (χ0v) is 17.1. The van der Waals surface area contributed by atoms with Gasteiger partial charge in [0.15, 0.2) is 0 Å². The fraction of sp³-hybridized carbons (Fsp3) is 0.688. The van der Waals surface area contributed by atoms with Crippen LogP contribution in [0, 0.1) is 0 Å². The van der Waals surface area contributed by atoms with Gasteiger partial charge in [-0.05, 0) is 25.8 Å². The topological polar surface area (TPSA) is 234 Å². The molecule has 10 N–H and O–H groups in total. The van der Waals surface area contributed by atoms with Gasteiger partial charge >= 0.3 is 11.9 Å². The van der Waals surface area contributed by atoms with Crippen molar-refractivity contribution < 1.29 is 39.3 Å². The number of aliphatic hydroxyl groups is 1. The Balaban J connectivity index is 5.20. The number of aliphatic carboxylic acids is 2. The maximum atomic E-state index is 12.4.